The van der Waals surface area contributed by atoms with Gasteiger partial charge in [-0.25, -0.2) is 8.42 Å². The topological polar surface area (TPSA) is 57.7 Å². The molecule has 0 saturated carbocycles. The average molecular weight is 372 g/mol. The minimum absolute atomic E-state index is 0.0278. The third-order valence-electron chi connectivity index (χ3n) is 4.64. The molecule has 0 aromatic heterocycles. The smallest absolute Gasteiger partial charge is 0.264 e. The van der Waals surface area contributed by atoms with E-state index in [1.54, 1.807) is 35.2 Å². The molecule has 1 heterocycles. The molecule has 0 fully saturated rings. The second-order valence-electron chi connectivity index (χ2n) is 6.96. The molecule has 0 aliphatic carbocycles. The highest BCUT2D eigenvalue weighted by atomic mass is 32.2. The van der Waals surface area contributed by atoms with Crippen LogP contribution in [0.5, 0.6) is 0 Å². The number of hydrogen-bond donors (Lipinski definition) is 0. The van der Waals surface area contributed by atoms with Gasteiger partial charge in [0.2, 0.25) is 5.91 Å². The minimum atomic E-state index is -3.70. The van der Waals surface area contributed by atoms with Crippen LogP contribution >= 0.6 is 0 Å². The minimum Gasteiger partial charge on any atom is -0.309 e. The van der Waals surface area contributed by atoms with Crippen molar-refractivity contribution in [3.05, 3.63) is 54.1 Å². The molecule has 3 rings (SSSR count). The summed E-state index contributed by atoms with van der Waals surface area (Å²) in [6, 6.07) is 14.0. The lowest BCUT2D eigenvalue weighted by Gasteiger charge is -2.28. The first-order chi connectivity index (χ1) is 12.2. The quantitative estimate of drug-likeness (QED) is 0.824. The second kappa shape index (κ2) is 6.76. The van der Waals surface area contributed by atoms with Crippen molar-refractivity contribution in [3.8, 4) is 0 Å². The van der Waals surface area contributed by atoms with Crippen LogP contribution in [-0.2, 0) is 21.2 Å². The standard InChI is InChI=1S/C20H24N2O3S/c1-14(2)22(18-8-6-5-7-9-18)26(24,25)19-10-11-20-17(13-19)12-15(3)21(20)16(4)23/h5-11,13-15H,12H2,1-4H3. The summed E-state index contributed by atoms with van der Waals surface area (Å²) in [5.74, 6) is -0.0278. The fraction of sp³-hybridized carbons (Fsp3) is 0.350. The van der Waals surface area contributed by atoms with E-state index < -0.39 is 10.0 Å². The van der Waals surface area contributed by atoms with Gasteiger partial charge in [0.05, 0.1) is 10.6 Å². The number of para-hydroxylation sites is 1. The number of sulfonamides is 1. The van der Waals surface area contributed by atoms with Crippen LogP contribution in [0.4, 0.5) is 11.4 Å². The SMILES string of the molecule is CC(=O)N1c2ccc(S(=O)(=O)N(c3ccccc3)C(C)C)cc2CC1C. The molecule has 0 spiro atoms. The molecule has 1 atom stereocenters. The fourth-order valence-electron chi connectivity index (χ4n) is 3.65. The van der Waals surface area contributed by atoms with Gasteiger partial charge >= 0.3 is 0 Å². The van der Waals surface area contributed by atoms with Crippen molar-refractivity contribution in [1.82, 2.24) is 0 Å². The van der Waals surface area contributed by atoms with Crippen molar-refractivity contribution >= 4 is 27.3 Å². The van der Waals surface area contributed by atoms with Crippen LogP contribution in [0.3, 0.4) is 0 Å². The number of anilines is 2. The van der Waals surface area contributed by atoms with Crippen molar-refractivity contribution < 1.29 is 13.2 Å². The molecule has 2 aromatic carbocycles. The summed E-state index contributed by atoms with van der Waals surface area (Å²) in [6.45, 7) is 7.22. The summed E-state index contributed by atoms with van der Waals surface area (Å²) in [7, 11) is -3.70. The van der Waals surface area contributed by atoms with Gasteiger partial charge in [-0.15, -0.1) is 0 Å². The van der Waals surface area contributed by atoms with Crippen LogP contribution < -0.4 is 9.21 Å². The van der Waals surface area contributed by atoms with Gasteiger partial charge < -0.3 is 4.90 Å². The van der Waals surface area contributed by atoms with Gasteiger partial charge in [-0.2, -0.15) is 0 Å². The monoisotopic (exact) mass is 372 g/mol. The zero-order valence-electron chi connectivity index (χ0n) is 15.5. The maximum Gasteiger partial charge on any atom is 0.264 e. The summed E-state index contributed by atoms with van der Waals surface area (Å²) in [5, 5.41) is 0. The van der Waals surface area contributed by atoms with Gasteiger partial charge in [-0.3, -0.25) is 9.10 Å². The lowest BCUT2D eigenvalue weighted by molar-refractivity contribution is -0.116. The Balaban J connectivity index is 2.06. The molecule has 0 saturated heterocycles. The van der Waals surface area contributed by atoms with E-state index in [1.807, 2.05) is 39.0 Å². The van der Waals surface area contributed by atoms with Gasteiger partial charge in [0.25, 0.3) is 10.0 Å². The molecular formula is C20H24N2O3S. The highest BCUT2D eigenvalue weighted by Gasteiger charge is 2.32. The number of carbonyl (C=O) groups is 1. The normalized spacial score (nSPS) is 16.7. The van der Waals surface area contributed by atoms with Crippen molar-refractivity contribution in [3.63, 3.8) is 0 Å². The summed E-state index contributed by atoms with van der Waals surface area (Å²) >= 11 is 0. The molecule has 1 unspecified atom stereocenters. The third kappa shape index (κ3) is 3.09. The molecule has 5 nitrogen and oxygen atoms in total. The van der Waals surface area contributed by atoms with Crippen molar-refractivity contribution in [2.24, 2.45) is 0 Å². The van der Waals surface area contributed by atoms with Crippen LogP contribution in [0.1, 0.15) is 33.3 Å². The van der Waals surface area contributed by atoms with Crippen LogP contribution in [0.2, 0.25) is 0 Å². The maximum absolute atomic E-state index is 13.3. The van der Waals surface area contributed by atoms with E-state index in [1.165, 1.54) is 11.2 Å². The molecule has 26 heavy (non-hydrogen) atoms. The first-order valence-corrected chi connectivity index (χ1v) is 10.2. The van der Waals surface area contributed by atoms with Crippen LogP contribution in [0.15, 0.2) is 53.4 Å². The van der Waals surface area contributed by atoms with E-state index in [0.717, 1.165) is 11.3 Å². The van der Waals surface area contributed by atoms with Crippen molar-refractivity contribution in [2.45, 2.75) is 51.1 Å². The second-order valence-corrected chi connectivity index (χ2v) is 8.78. The molecular weight excluding hydrogens is 348 g/mol. The van der Waals surface area contributed by atoms with E-state index in [0.29, 0.717) is 12.1 Å². The molecule has 0 N–H and O–H groups in total. The van der Waals surface area contributed by atoms with Crippen LogP contribution in [-0.4, -0.2) is 26.4 Å². The van der Waals surface area contributed by atoms with Crippen LogP contribution in [0, 0.1) is 0 Å². The van der Waals surface area contributed by atoms with Gasteiger partial charge in [-0.1, -0.05) is 18.2 Å². The zero-order valence-corrected chi connectivity index (χ0v) is 16.3. The highest BCUT2D eigenvalue weighted by molar-refractivity contribution is 7.92. The Morgan fingerprint density at radius 1 is 1.15 bits per heavy atom. The average Bonchev–Trinajstić information content (AvgIpc) is 2.90. The van der Waals surface area contributed by atoms with Gasteiger partial charge in [0, 0.05) is 24.7 Å². The Labute approximate surface area is 155 Å². The number of hydrogen-bond acceptors (Lipinski definition) is 3. The molecule has 2 aromatic rings. The number of benzene rings is 2. The molecule has 1 aliphatic heterocycles. The number of nitrogens with zero attached hydrogens (tertiary/aromatic N) is 2. The van der Waals surface area contributed by atoms with Gasteiger partial charge in [0.1, 0.15) is 0 Å². The predicted octanol–water partition coefficient (Wildman–Crippen LogP) is 3.59. The van der Waals surface area contributed by atoms with Crippen LogP contribution in [0.25, 0.3) is 0 Å². The van der Waals surface area contributed by atoms with Gasteiger partial charge in [0.15, 0.2) is 0 Å². The molecule has 6 heteroatoms. The van der Waals surface area contributed by atoms with E-state index in [-0.39, 0.29) is 22.9 Å². The number of rotatable bonds is 4. The fourth-order valence-corrected chi connectivity index (χ4v) is 5.36. The third-order valence-corrected chi connectivity index (χ3v) is 6.64. The summed E-state index contributed by atoms with van der Waals surface area (Å²) in [5.41, 5.74) is 2.34. The van der Waals surface area contributed by atoms with Crippen molar-refractivity contribution in [2.75, 3.05) is 9.21 Å². The number of amides is 1. The Hall–Kier alpha value is -2.34. The summed E-state index contributed by atoms with van der Waals surface area (Å²) in [6.07, 6.45) is 0.658. The van der Waals surface area contributed by atoms with E-state index in [9.17, 15) is 13.2 Å². The molecule has 1 amide bonds. The Bertz CT molecular complexity index is 923. The molecule has 1 aliphatic rings. The Morgan fingerprint density at radius 2 is 1.81 bits per heavy atom. The number of fused-ring (bicyclic) bond motifs is 1. The van der Waals surface area contributed by atoms with E-state index >= 15 is 0 Å². The van der Waals surface area contributed by atoms with Gasteiger partial charge in [-0.05, 0) is 63.1 Å². The number of carbonyl (C=O) groups excluding carboxylic acids is 1. The highest BCUT2D eigenvalue weighted by Crippen LogP contribution is 2.35. The first-order valence-electron chi connectivity index (χ1n) is 8.75. The van der Waals surface area contributed by atoms with E-state index in [4.69, 9.17) is 0 Å². The summed E-state index contributed by atoms with van der Waals surface area (Å²) in [4.78, 5) is 13.9. The Morgan fingerprint density at radius 3 is 2.38 bits per heavy atom. The lowest BCUT2D eigenvalue weighted by atomic mass is 10.1. The summed E-state index contributed by atoms with van der Waals surface area (Å²) < 4.78 is 28.1. The largest absolute Gasteiger partial charge is 0.309 e. The molecule has 0 bridgehead atoms. The van der Waals surface area contributed by atoms with E-state index in [2.05, 4.69) is 0 Å². The Kier molecular flexibility index (Phi) is 4.80. The molecule has 138 valence electrons. The first kappa shape index (κ1) is 18.5. The maximum atomic E-state index is 13.3. The predicted molar refractivity (Wildman–Crippen MR) is 104 cm³/mol. The van der Waals surface area contributed by atoms with Crippen molar-refractivity contribution in [1.29, 1.82) is 0 Å². The lowest BCUT2D eigenvalue weighted by Crippen LogP contribution is -2.37. The zero-order chi connectivity index (χ0) is 19.1. The molecule has 0 radical (unpaired) electrons.